The maximum absolute atomic E-state index is 12.2. The Labute approximate surface area is 123 Å². The van der Waals surface area contributed by atoms with Crippen LogP contribution < -0.4 is 0 Å². The lowest BCUT2D eigenvalue weighted by Crippen LogP contribution is -2.22. The van der Waals surface area contributed by atoms with Crippen molar-refractivity contribution in [2.75, 3.05) is 0 Å². The van der Waals surface area contributed by atoms with Crippen molar-refractivity contribution >= 4 is 12.1 Å². The Morgan fingerprint density at radius 2 is 1.45 bits per heavy atom. The average molecular weight is 277 g/mol. The third-order valence-electron chi connectivity index (χ3n) is 5.35. The van der Waals surface area contributed by atoms with E-state index in [0.29, 0.717) is 12.3 Å². The summed E-state index contributed by atoms with van der Waals surface area (Å²) in [6, 6.07) is 0. The number of Topliss-reactive ketones (excluding diaryl/α,β-unsaturated/α-hetero) is 1. The van der Waals surface area contributed by atoms with Gasteiger partial charge in [0, 0.05) is 6.42 Å². The van der Waals surface area contributed by atoms with E-state index in [1.807, 2.05) is 6.29 Å². The van der Waals surface area contributed by atoms with Gasteiger partial charge in [-0.25, -0.2) is 0 Å². The van der Waals surface area contributed by atoms with E-state index in [9.17, 15) is 9.59 Å². The molecule has 2 saturated carbocycles. The molecule has 0 heterocycles. The van der Waals surface area contributed by atoms with Gasteiger partial charge in [-0.05, 0) is 24.7 Å². The topological polar surface area (TPSA) is 34.1 Å². The molecule has 113 valence electrons. The summed E-state index contributed by atoms with van der Waals surface area (Å²) in [5.74, 6) is 1.06. The monoisotopic (exact) mass is 277 g/mol. The first-order valence-corrected chi connectivity index (χ1v) is 8.70. The predicted molar refractivity (Wildman–Crippen MR) is 81.2 cm³/mol. The fourth-order valence-electron chi connectivity index (χ4n) is 4.00. The van der Waals surface area contributed by atoms with Crippen LogP contribution in [0.3, 0.4) is 0 Å². The molecule has 2 rings (SSSR count). The van der Waals surface area contributed by atoms with Crippen molar-refractivity contribution in [2.24, 2.45) is 17.8 Å². The van der Waals surface area contributed by atoms with Crippen molar-refractivity contribution in [1.29, 1.82) is 0 Å². The molecular weight excluding hydrogens is 248 g/mol. The quantitative estimate of drug-likeness (QED) is 0.637. The highest BCUT2D eigenvalue weighted by Crippen LogP contribution is 2.31. The molecule has 2 aliphatic carbocycles. The van der Waals surface area contributed by atoms with E-state index in [1.54, 1.807) is 0 Å². The SMILES string of the molecule is O=[C]C(CC1CCCCC1)C(=O)CCC1CCCCC1. The molecule has 0 saturated heterocycles. The molecule has 0 aromatic carbocycles. The van der Waals surface area contributed by atoms with Crippen molar-refractivity contribution in [2.45, 2.75) is 83.5 Å². The van der Waals surface area contributed by atoms with Crippen LogP contribution in [0, 0.1) is 17.8 Å². The molecule has 1 unspecified atom stereocenters. The highest BCUT2D eigenvalue weighted by atomic mass is 16.1. The minimum Gasteiger partial charge on any atom is -0.299 e. The number of hydrogen-bond donors (Lipinski definition) is 0. The van der Waals surface area contributed by atoms with Gasteiger partial charge in [0.15, 0.2) is 0 Å². The first-order chi connectivity index (χ1) is 9.79. The first kappa shape index (κ1) is 15.7. The van der Waals surface area contributed by atoms with Gasteiger partial charge >= 0.3 is 0 Å². The number of hydrogen-bond acceptors (Lipinski definition) is 2. The van der Waals surface area contributed by atoms with Gasteiger partial charge in [-0.2, -0.15) is 0 Å². The Morgan fingerprint density at radius 1 is 0.900 bits per heavy atom. The smallest absolute Gasteiger partial charge is 0.209 e. The van der Waals surface area contributed by atoms with Crippen LogP contribution in [0.5, 0.6) is 0 Å². The van der Waals surface area contributed by atoms with Gasteiger partial charge in [-0.1, -0.05) is 64.2 Å². The van der Waals surface area contributed by atoms with Gasteiger partial charge in [0.25, 0.3) is 0 Å². The Bertz CT molecular complexity index is 299. The van der Waals surface area contributed by atoms with Crippen LogP contribution in [0.4, 0.5) is 0 Å². The van der Waals surface area contributed by atoms with Gasteiger partial charge in [-0.3, -0.25) is 9.59 Å². The van der Waals surface area contributed by atoms with Crippen LogP contribution in [0.15, 0.2) is 0 Å². The molecule has 0 aromatic rings. The second kappa shape index (κ2) is 8.59. The fourth-order valence-corrected chi connectivity index (χ4v) is 4.00. The summed E-state index contributed by atoms with van der Waals surface area (Å²) >= 11 is 0. The lowest BCUT2D eigenvalue weighted by Gasteiger charge is -2.24. The fraction of sp³-hybridized carbons (Fsp3) is 0.889. The second-order valence-electron chi connectivity index (χ2n) is 6.92. The van der Waals surface area contributed by atoms with Gasteiger partial charge in [0.2, 0.25) is 6.29 Å². The molecule has 2 nitrogen and oxygen atoms in total. The number of rotatable bonds is 7. The van der Waals surface area contributed by atoms with Crippen molar-refractivity contribution in [1.82, 2.24) is 0 Å². The third kappa shape index (κ3) is 5.03. The van der Waals surface area contributed by atoms with Crippen LogP contribution in [0.1, 0.15) is 83.5 Å². The normalized spacial score (nSPS) is 23.4. The Balaban J connectivity index is 1.71. The van der Waals surface area contributed by atoms with Crippen LogP contribution >= 0.6 is 0 Å². The summed E-state index contributed by atoms with van der Waals surface area (Å²) in [7, 11) is 0. The summed E-state index contributed by atoms with van der Waals surface area (Å²) in [5.41, 5.74) is 0. The van der Waals surface area contributed by atoms with E-state index in [2.05, 4.69) is 0 Å². The highest BCUT2D eigenvalue weighted by molar-refractivity contribution is 5.93. The molecule has 2 fully saturated rings. The van der Waals surface area contributed by atoms with Crippen molar-refractivity contribution in [3.8, 4) is 0 Å². The van der Waals surface area contributed by atoms with Gasteiger partial charge in [0.05, 0.1) is 5.92 Å². The van der Waals surface area contributed by atoms with Crippen molar-refractivity contribution in [3.63, 3.8) is 0 Å². The molecule has 0 N–H and O–H groups in total. The van der Waals surface area contributed by atoms with Crippen LogP contribution in [0.25, 0.3) is 0 Å². The molecule has 2 heteroatoms. The number of carbonyl (C=O) groups excluding carboxylic acids is 2. The lowest BCUT2D eigenvalue weighted by molar-refractivity contribution is -0.121. The molecular formula is C18H29O2. The Morgan fingerprint density at radius 3 is 2.00 bits per heavy atom. The average Bonchev–Trinajstić information content (AvgIpc) is 2.52. The highest BCUT2D eigenvalue weighted by Gasteiger charge is 2.25. The van der Waals surface area contributed by atoms with Crippen molar-refractivity contribution < 1.29 is 9.59 Å². The summed E-state index contributed by atoms with van der Waals surface area (Å²) in [6.45, 7) is 0. The third-order valence-corrected chi connectivity index (χ3v) is 5.35. The van der Waals surface area contributed by atoms with Crippen LogP contribution in [0.2, 0.25) is 0 Å². The molecule has 2 aliphatic rings. The van der Waals surface area contributed by atoms with Gasteiger partial charge in [-0.15, -0.1) is 0 Å². The van der Waals surface area contributed by atoms with E-state index in [4.69, 9.17) is 0 Å². The number of ketones is 1. The van der Waals surface area contributed by atoms with E-state index >= 15 is 0 Å². The summed E-state index contributed by atoms with van der Waals surface area (Å²) in [4.78, 5) is 23.4. The first-order valence-electron chi connectivity index (χ1n) is 8.70. The molecule has 0 aromatic heterocycles. The largest absolute Gasteiger partial charge is 0.299 e. The summed E-state index contributed by atoms with van der Waals surface area (Å²) in [6.07, 6.45) is 17.3. The van der Waals surface area contributed by atoms with Gasteiger partial charge < -0.3 is 0 Å². The minimum absolute atomic E-state index is 0.163. The molecule has 0 spiro atoms. The molecule has 20 heavy (non-hydrogen) atoms. The molecule has 0 amide bonds. The molecule has 0 bridgehead atoms. The van der Waals surface area contributed by atoms with Crippen LogP contribution in [-0.2, 0) is 9.59 Å². The maximum Gasteiger partial charge on any atom is 0.209 e. The zero-order valence-corrected chi connectivity index (χ0v) is 12.7. The van der Waals surface area contributed by atoms with E-state index < -0.39 is 5.92 Å². The summed E-state index contributed by atoms with van der Waals surface area (Å²) < 4.78 is 0. The zero-order valence-electron chi connectivity index (χ0n) is 12.7. The van der Waals surface area contributed by atoms with E-state index in [0.717, 1.165) is 18.8 Å². The standard InChI is InChI=1S/C18H29O2/c19-14-17(13-16-9-5-2-6-10-16)18(20)12-11-15-7-3-1-4-8-15/h15-17H,1-13H2. The van der Waals surface area contributed by atoms with E-state index in [1.165, 1.54) is 64.2 Å². The predicted octanol–water partition coefficient (Wildman–Crippen LogP) is 4.61. The molecule has 1 radical (unpaired) electrons. The Kier molecular flexibility index (Phi) is 6.75. The molecule has 1 atom stereocenters. The van der Waals surface area contributed by atoms with Crippen LogP contribution in [-0.4, -0.2) is 12.1 Å². The lowest BCUT2D eigenvalue weighted by atomic mass is 9.80. The van der Waals surface area contributed by atoms with E-state index in [-0.39, 0.29) is 5.78 Å². The van der Waals surface area contributed by atoms with Gasteiger partial charge in [0.1, 0.15) is 5.78 Å². The number of carbonyl (C=O) groups is 1. The zero-order chi connectivity index (χ0) is 14.2. The summed E-state index contributed by atoms with van der Waals surface area (Å²) in [5, 5.41) is 0. The van der Waals surface area contributed by atoms with Crippen molar-refractivity contribution in [3.05, 3.63) is 0 Å². The minimum atomic E-state index is -0.429. The second-order valence-corrected chi connectivity index (χ2v) is 6.92. The Hall–Kier alpha value is -0.660. The maximum atomic E-state index is 12.2. The molecule has 0 aliphatic heterocycles.